The predicted octanol–water partition coefficient (Wildman–Crippen LogP) is 2.82. The number of carbonyl (C=O) groups excluding carboxylic acids is 1. The van der Waals surface area contributed by atoms with E-state index in [0.717, 1.165) is 30.2 Å². The maximum atomic E-state index is 14.0. The van der Waals surface area contributed by atoms with Gasteiger partial charge in [0.1, 0.15) is 0 Å². The third-order valence-electron chi connectivity index (χ3n) is 6.07. The minimum Gasteiger partial charge on any atom is -0.380 e. The third kappa shape index (κ3) is 3.95. The normalized spacial score (nSPS) is 16.8. The summed E-state index contributed by atoms with van der Waals surface area (Å²) in [6.07, 6.45) is 1.58. The van der Waals surface area contributed by atoms with Crippen molar-refractivity contribution in [2.24, 2.45) is 5.92 Å². The highest BCUT2D eigenvalue weighted by atomic mass is 19.2. The summed E-state index contributed by atoms with van der Waals surface area (Å²) in [5, 5.41) is 12.2. The van der Waals surface area contributed by atoms with Gasteiger partial charge in [-0.15, -0.1) is 0 Å². The summed E-state index contributed by atoms with van der Waals surface area (Å²) >= 11 is 0. The van der Waals surface area contributed by atoms with Gasteiger partial charge in [0.25, 0.3) is 0 Å². The molecule has 3 heterocycles. The van der Waals surface area contributed by atoms with Crippen molar-refractivity contribution in [3.63, 3.8) is 0 Å². The van der Waals surface area contributed by atoms with Gasteiger partial charge in [0.15, 0.2) is 11.6 Å². The molecule has 3 aromatic rings. The van der Waals surface area contributed by atoms with Gasteiger partial charge < -0.3 is 19.9 Å². The molecule has 2 saturated heterocycles. The highest BCUT2D eigenvalue weighted by molar-refractivity contribution is 5.93. The zero-order valence-electron chi connectivity index (χ0n) is 17.4. The van der Waals surface area contributed by atoms with E-state index in [1.807, 2.05) is 23.1 Å². The number of amides is 1. The predicted molar refractivity (Wildman–Crippen MR) is 116 cm³/mol. The Morgan fingerprint density at radius 3 is 2.69 bits per heavy atom. The van der Waals surface area contributed by atoms with E-state index < -0.39 is 11.6 Å². The van der Waals surface area contributed by atoms with E-state index in [9.17, 15) is 13.6 Å². The highest BCUT2D eigenvalue weighted by Gasteiger charge is 2.32. The fourth-order valence-electron chi connectivity index (χ4n) is 4.08. The molecule has 0 radical (unpaired) electrons. The number of ether oxygens (including phenoxy) is 1. The first-order valence-electron chi connectivity index (χ1n) is 10.6. The number of halogens is 2. The molecule has 0 spiro atoms. The van der Waals surface area contributed by atoms with E-state index in [1.165, 1.54) is 6.07 Å². The van der Waals surface area contributed by atoms with Crippen LogP contribution in [0, 0.1) is 17.6 Å². The van der Waals surface area contributed by atoms with Crippen molar-refractivity contribution < 1.29 is 18.3 Å². The van der Waals surface area contributed by atoms with E-state index in [-0.39, 0.29) is 23.9 Å². The first-order valence-corrected chi connectivity index (χ1v) is 10.6. The quantitative estimate of drug-likeness (QED) is 0.659. The molecule has 2 aromatic carbocycles. The van der Waals surface area contributed by atoms with E-state index >= 15 is 0 Å². The summed E-state index contributed by atoms with van der Waals surface area (Å²) in [5.74, 6) is -1.53. The van der Waals surface area contributed by atoms with Crippen molar-refractivity contribution in [2.75, 3.05) is 49.6 Å². The number of fused-ring (bicyclic) bond motifs is 1. The van der Waals surface area contributed by atoms with Crippen LogP contribution in [0.4, 0.5) is 20.2 Å². The van der Waals surface area contributed by atoms with Crippen LogP contribution >= 0.6 is 0 Å². The number of aromatic nitrogens is 2. The van der Waals surface area contributed by atoms with Crippen LogP contribution in [0.5, 0.6) is 0 Å². The van der Waals surface area contributed by atoms with Gasteiger partial charge in [-0.1, -0.05) is 12.1 Å². The molecule has 1 amide bonds. The molecule has 9 heteroatoms. The average molecular weight is 439 g/mol. The molecular formula is C23H23F2N5O2. The number of nitrogens with one attached hydrogen (secondary N) is 1. The molecule has 2 aliphatic heterocycles. The van der Waals surface area contributed by atoms with Crippen molar-refractivity contribution in [2.45, 2.75) is 6.54 Å². The van der Waals surface area contributed by atoms with Crippen molar-refractivity contribution in [3.05, 3.63) is 59.8 Å². The van der Waals surface area contributed by atoms with Crippen molar-refractivity contribution in [1.82, 2.24) is 15.1 Å². The Bertz CT molecular complexity index is 1150. The SMILES string of the molecule is O=C(C1COC1)N1CCN(c2ccc3nncc(NCc4cccc(F)c4F)c3c2)CC1. The van der Waals surface area contributed by atoms with Crippen LogP contribution in [0.15, 0.2) is 42.6 Å². The topological polar surface area (TPSA) is 70.6 Å². The van der Waals surface area contributed by atoms with Crippen LogP contribution < -0.4 is 10.2 Å². The monoisotopic (exact) mass is 439 g/mol. The third-order valence-corrected chi connectivity index (χ3v) is 6.07. The number of hydrogen-bond acceptors (Lipinski definition) is 6. The van der Waals surface area contributed by atoms with E-state index in [4.69, 9.17) is 4.74 Å². The molecular weight excluding hydrogens is 416 g/mol. The van der Waals surface area contributed by atoms with Gasteiger partial charge in [-0.2, -0.15) is 10.2 Å². The van der Waals surface area contributed by atoms with Crippen LogP contribution in [-0.2, 0) is 16.1 Å². The maximum Gasteiger partial charge on any atom is 0.230 e. The second-order valence-electron chi connectivity index (χ2n) is 8.07. The van der Waals surface area contributed by atoms with Crippen molar-refractivity contribution in [3.8, 4) is 0 Å². The number of nitrogens with zero attached hydrogens (tertiary/aromatic N) is 4. The molecule has 2 fully saturated rings. The van der Waals surface area contributed by atoms with E-state index in [0.29, 0.717) is 37.5 Å². The fraction of sp³-hybridized carbons (Fsp3) is 0.348. The smallest absolute Gasteiger partial charge is 0.230 e. The van der Waals surface area contributed by atoms with Gasteiger partial charge in [0, 0.05) is 49.4 Å². The van der Waals surface area contributed by atoms with Crippen LogP contribution in [0.25, 0.3) is 10.9 Å². The molecule has 32 heavy (non-hydrogen) atoms. The van der Waals surface area contributed by atoms with Crippen LogP contribution in [0.1, 0.15) is 5.56 Å². The largest absolute Gasteiger partial charge is 0.380 e. The van der Waals surface area contributed by atoms with Gasteiger partial charge in [-0.05, 0) is 24.3 Å². The lowest BCUT2D eigenvalue weighted by Gasteiger charge is -2.39. The molecule has 2 aliphatic rings. The lowest BCUT2D eigenvalue weighted by Crippen LogP contribution is -2.53. The Labute approximate surface area is 184 Å². The van der Waals surface area contributed by atoms with Gasteiger partial charge in [0.2, 0.25) is 5.91 Å². The summed E-state index contributed by atoms with van der Waals surface area (Å²) in [6, 6.07) is 10.0. The van der Waals surface area contributed by atoms with Gasteiger partial charge in [0.05, 0.1) is 36.5 Å². The second-order valence-corrected chi connectivity index (χ2v) is 8.07. The minimum absolute atomic E-state index is 0.0114. The molecule has 0 saturated carbocycles. The van der Waals surface area contributed by atoms with Crippen LogP contribution in [0.3, 0.4) is 0 Å². The fourth-order valence-corrected chi connectivity index (χ4v) is 4.08. The highest BCUT2D eigenvalue weighted by Crippen LogP contribution is 2.28. The Morgan fingerprint density at radius 1 is 1.12 bits per heavy atom. The molecule has 7 nitrogen and oxygen atoms in total. The summed E-state index contributed by atoms with van der Waals surface area (Å²) in [6.45, 7) is 4.00. The number of carbonyl (C=O) groups is 1. The summed E-state index contributed by atoms with van der Waals surface area (Å²) in [4.78, 5) is 16.6. The molecule has 166 valence electrons. The molecule has 1 N–H and O–H groups in total. The average Bonchev–Trinajstić information content (AvgIpc) is 2.78. The number of piperazine rings is 1. The van der Waals surface area contributed by atoms with Gasteiger partial charge in [-0.25, -0.2) is 8.78 Å². The number of rotatable bonds is 5. The van der Waals surface area contributed by atoms with Crippen molar-refractivity contribution >= 4 is 28.2 Å². The van der Waals surface area contributed by atoms with E-state index in [1.54, 1.807) is 12.3 Å². The van der Waals surface area contributed by atoms with Gasteiger partial charge in [-0.3, -0.25) is 4.79 Å². The first kappa shape index (κ1) is 20.6. The summed E-state index contributed by atoms with van der Waals surface area (Å²) in [7, 11) is 0. The van der Waals surface area contributed by atoms with Gasteiger partial charge >= 0.3 is 0 Å². The van der Waals surface area contributed by atoms with Crippen LogP contribution in [0.2, 0.25) is 0 Å². The summed E-state index contributed by atoms with van der Waals surface area (Å²) in [5.41, 5.74) is 2.66. The Kier molecular flexibility index (Phi) is 5.57. The maximum absolute atomic E-state index is 14.0. The molecule has 1 aromatic heterocycles. The Hall–Kier alpha value is -3.33. The number of hydrogen-bond donors (Lipinski definition) is 1. The zero-order valence-corrected chi connectivity index (χ0v) is 17.4. The minimum atomic E-state index is -0.869. The standard InChI is InChI=1S/C23H23F2N5O2/c24-19-3-1-2-15(22(19)25)11-26-21-12-27-28-20-5-4-17(10-18(20)21)29-6-8-30(9-7-29)23(31)16-13-32-14-16/h1-5,10,12,16H,6-9,11,13-14H2,(H,26,28). The molecule has 0 aliphatic carbocycles. The first-order chi connectivity index (χ1) is 15.6. The van der Waals surface area contributed by atoms with Crippen molar-refractivity contribution in [1.29, 1.82) is 0 Å². The molecule has 5 rings (SSSR count). The van der Waals surface area contributed by atoms with Crippen LogP contribution in [-0.4, -0.2) is 60.4 Å². The number of benzene rings is 2. The van der Waals surface area contributed by atoms with E-state index in [2.05, 4.69) is 20.4 Å². The molecule has 0 bridgehead atoms. The Morgan fingerprint density at radius 2 is 1.94 bits per heavy atom. The molecule has 0 unspecified atom stereocenters. The molecule has 0 atom stereocenters. The second kappa shape index (κ2) is 8.66. The zero-order chi connectivity index (χ0) is 22.1. The lowest BCUT2D eigenvalue weighted by atomic mass is 10.1. The lowest BCUT2D eigenvalue weighted by molar-refractivity contribution is -0.150. The number of anilines is 2. The summed E-state index contributed by atoms with van der Waals surface area (Å²) < 4.78 is 32.6. The Balaban J connectivity index is 1.31.